The molecular formula is C14H30N2O. The van der Waals surface area contributed by atoms with E-state index in [1.54, 1.807) is 0 Å². The molecule has 1 aliphatic rings. The Morgan fingerprint density at radius 1 is 1.35 bits per heavy atom. The minimum atomic E-state index is 0.180. The molecule has 102 valence electrons. The summed E-state index contributed by atoms with van der Waals surface area (Å²) in [4.78, 5) is 2.57. The van der Waals surface area contributed by atoms with Crippen molar-refractivity contribution in [2.24, 2.45) is 5.92 Å². The molecule has 1 rings (SSSR count). The Kier molecular flexibility index (Phi) is 5.90. The summed E-state index contributed by atoms with van der Waals surface area (Å²) in [6, 6.07) is 0.590. The molecule has 1 saturated heterocycles. The van der Waals surface area contributed by atoms with Gasteiger partial charge >= 0.3 is 0 Å². The predicted octanol–water partition coefficient (Wildman–Crippen LogP) is 2.12. The fraction of sp³-hybridized carbons (Fsp3) is 1.00. The number of nitrogens with one attached hydrogen (secondary N) is 1. The van der Waals surface area contributed by atoms with Crippen LogP contribution in [0.5, 0.6) is 0 Å². The molecule has 0 bridgehead atoms. The number of rotatable bonds is 6. The lowest BCUT2D eigenvalue weighted by Crippen LogP contribution is -2.57. The molecule has 1 aliphatic heterocycles. The first kappa shape index (κ1) is 14.9. The molecule has 1 atom stereocenters. The molecule has 0 aromatic carbocycles. The third-order valence-electron chi connectivity index (χ3n) is 3.70. The van der Waals surface area contributed by atoms with Gasteiger partial charge in [-0.2, -0.15) is 0 Å². The lowest BCUT2D eigenvalue weighted by atomic mass is 9.98. The molecule has 0 spiro atoms. The number of morpholine rings is 1. The lowest BCUT2D eigenvalue weighted by Gasteiger charge is -2.44. The molecule has 0 aromatic heterocycles. The van der Waals surface area contributed by atoms with Crippen molar-refractivity contribution in [2.45, 2.75) is 52.6 Å². The molecule has 3 heteroatoms. The minimum absolute atomic E-state index is 0.180. The highest BCUT2D eigenvalue weighted by atomic mass is 16.5. The van der Waals surface area contributed by atoms with Crippen LogP contribution in [0.3, 0.4) is 0 Å². The van der Waals surface area contributed by atoms with Gasteiger partial charge in [0, 0.05) is 24.7 Å². The predicted molar refractivity (Wildman–Crippen MR) is 73.4 cm³/mol. The Labute approximate surface area is 107 Å². The summed E-state index contributed by atoms with van der Waals surface area (Å²) in [6.07, 6.45) is 1.20. The molecule has 0 aliphatic carbocycles. The minimum Gasteiger partial charge on any atom is -0.378 e. The van der Waals surface area contributed by atoms with Crippen LogP contribution in [-0.2, 0) is 4.74 Å². The highest BCUT2D eigenvalue weighted by Gasteiger charge is 2.32. The van der Waals surface area contributed by atoms with E-state index in [0.717, 1.165) is 32.8 Å². The van der Waals surface area contributed by atoms with Crippen molar-refractivity contribution in [3.05, 3.63) is 0 Å². The highest BCUT2D eigenvalue weighted by Crippen LogP contribution is 2.20. The van der Waals surface area contributed by atoms with E-state index in [9.17, 15) is 0 Å². The second-order valence-corrected chi connectivity index (χ2v) is 6.12. The van der Waals surface area contributed by atoms with Gasteiger partial charge in [-0.25, -0.2) is 0 Å². The zero-order chi connectivity index (χ0) is 12.9. The monoisotopic (exact) mass is 242 g/mol. The van der Waals surface area contributed by atoms with Crippen molar-refractivity contribution in [3.63, 3.8) is 0 Å². The van der Waals surface area contributed by atoms with Crippen LogP contribution < -0.4 is 5.32 Å². The fourth-order valence-electron chi connectivity index (χ4n) is 2.31. The fourth-order valence-corrected chi connectivity index (χ4v) is 2.31. The van der Waals surface area contributed by atoms with E-state index in [2.05, 4.69) is 44.8 Å². The van der Waals surface area contributed by atoms with Crippen molar-refractivity contribution in [2.75, 3.05) is 32.8 Å². The molecule has 3 nitrogen and oxygen atoms in total. The first-order chi connectivity index (χ1) is 7.97. The largest absolute Gasteiger partial charge is 0.378 e. The van der Waals surface area contributed by atoms with Crippen molar-refractivity contribution in [3.8, 4) is 0 Å². The highest BCUT2D eigenvalue weighted by molar-refractivity contribution is 4.88. The van der Waals surface area contributed by atoms with E-state index in [-0.39, 0.29) is 5.54 Å². The van der Waals surface area contributed by atoms with Crippen molar-refractivity contribution < 1.29 is 4.74 Å². The number of nitrogens with zero attached hydrogens (tertiary/aromatic N) is 1. The third kappa shape index (κ3) is 4.57. The molecule has 1 fully saturated rings. The van der Waals surface area contributed by atoms with Crippen LogP contribution in [0.25, 0.3) is 0 Å². The van der Waals surface area contributed by atoms with Crippen LogP contribution in [0.15, 0.2) is 0 Å². The maximum Gasteiger partial charge on any atom is 0.0645 e. The standard InChI is InChI=1S/C14H30N2O/c1-6-7-15-13(12(2)3)10-16-8-9-17-11-14(16,4)5/h12-13,15H,6-11H2,1-5H3. The zero-order valence-corrected chi connectivity index (χ0v) is 12.3. The van der Waals surface area contributed by atoms with Crippen molar-refractivity contribution in [1.29, 1.82) is 0 Å². The van der Waals surface area contributed by atoms with Gasteiger partial charge in [-0.15, -0.1) is 0 Å². The van der Waals surface area contributed by atoms with E-state index in [1.165, 1.54) is 6.42 Å². The molecule has 0 amide bonds. The van der Waals surface area contributed by atoms with E-state index in [1.807, 2.05) is 0 Å². The van der Waals surface area contributed by atoms with Gasteiger partial charge in [0.05, 0.1) is 13.2 Å². The van der Waals surface area contributed by atoms with Crippen LogP contribution in [-0.4, -0.2) is 49.3 Å². The Morgan fingerprint density at radius 3 is 2.59 bits per heavy atom. The second-order valence-electron chi connectivity index (χ2n) is 6.12. The Morgan fingerprint density at radius 2 is 2.06 bits per heavy atom. The van der Waals surface area contributed by atoms with Crippen LogP contribution in [0.2, 0.25) is 0 Å². The first-order valence-corrected chi connectivity index (χ1v) is 7.03. The summed E-state index contributed by atoms with van der Waals surface area (Å²) in [7, 11) is 0. The van der Waals surface area contributed by atoms with Gasteiger partial charge in [-0.3, -0.25) is 4.90 Å². The summed E-state index contributed by atoms with van der Waals surface area (Å²) in [5.74, 6) is 0.681. The second kappa shape index (κ2) is 6.72. The normalized spacial score (nSPS) is 22.9. The Hall–Kier alpha value is -0.120. The quantitative estimate of drug-likeness (QED) is 0.772. The van der Waals surface area contributed by atoms with Crippen LogP contribution in [0.1, 0.15) is 41.0 Å². The van der Waals surface area contributed by atoms with E-state index in [0.29, 0.717) is 12.0 Å². The van der Waals surface area contributed by atoms with Gasteiger partial charge in [-0.05, 0) is 32.7 Å². The van der Waals surface area contributed by atoms with Gasteiger partial charge in [-0.1, -0.05) is 20.8 Å². The molecule has 1 N–H and O–H groups in total. The Balaban J connectivity index is 2.52. The Bertz CT molecular complexity index is 216. The summed E-state index contributed by atoms with van der Waals surface area (Å²) < 4.78 is 5.58. The van der Waals surface area contributed by atoms with Crippen molar-refractivity contribution >= 4 is 0 Å². The number of hydrogen-bond acceptors (Lipinski definition) is 3. The van der Waals surface area contributed by atoms with Crippen LogP contribution in [0.4, 0.5) is 0 Å². The van der Waals surface area contributed by atoms with Crippen molar-refractivity contribution in [1.82, 2.24) is 10.2 Å². The summed E-state index contributed by atoms with van der Waals surface area (Å²) in [5.41, 5.74) is 0.180. The number of ether oxygens (including phenoxy) is 1. The lowest BCUT2D eigenvalue weighted by molar-refractivity contribution is -0.0562. The van der Waals surface area contributed by atoms with Gasteiger partial charge < -0.3 is 10.1 Å². The summed E-state index contributed by atoms with van der Waals surface area (Å²) in [5, 5.41) is 3.67. The van der Waals surface area contributed by atoms with Crippen LogP contribution in [0, 0.1) is 5.92 Å². The molecule has 0 aromatic rings. The molecule has 1 unspecified atom stereocenters. The van der Waals surface area contributed by atoms with E-state index in [4.69, 9.17) is 4.74 Å². The molecule has 1 heterocycles. The first-order valence-electron chi connectivity index (χ1n) is 7.03. The van der Waals surface area contributed by atoms with Gasteiger partial charge in [0.2, 0.25) is 0 Å². The van der Waals surface area contributed by atoms with Crippen LogP contribution >= 0.6 is 0 Å². The zero-order valence-electron chi connectivity index (χ0n) is 12.3. The average Bonchev–Trinajstić information content (AvgIpc) is 2.25. The molecular weight excluding hydrogens is 212 g/mol. The SMILES string of the molecule is CCCNC(CN1CCOCC1(C)C)C(C)C. The molecule has 0 radical (unpaired) electrons. The maximum absolute atomic E-state index is 5.58. The average molecular weight is 242 g/mol. The van der Waals surface area contributed by atoms with Gasteiger partial charge in [0.25, 0.3) is 0 Å². The summed E-state index contributed by atoms with van der Waals surface area (Å²) >= 11 is 0. The van der Waals surface area contributed by atoms with E-state index >= 15 is 0 Å². The topological polar surface area (TPSA) is 24.5 Å². The smallest absolute Gasteiger partial charge is 0.0645 e. The third-order valence-corrected chi connectivity index (χ3v) is 3.70. The molecule has 0 saturated carbocycles. The van der Waals surface area contributed by atoms with Gasteiger partial charge in [0.15, 0.2) is 0 Å². The molecule has 17 heavy (non-hydrogen) atoms. The summed E-state index contributed by atoms with van der Waals surface area (Å²) in [6.45, 7) is 16.4. The number of hydrogen-bond donors (Lipinski definition) is 1. The van der Waals surface area contributed by atoms with E-state index < -0.39 is 0 Å². The van der Waals surface area contributed by atoms with Gasteiger partial charge in [0.1, 0.15) is 0 Å². The maximum atomic E-state index is 5.58.